The molecule has 0 atom stereocenters. The topological polar surface area (TPSA) is 94.9 Å². The van der Waals surface area contributed by atoms with Crippen molar-refractivity contribution in [1.29, 1.82) is 0 Å². The molecule has 0 aliphatic rings. The Hall–Kier alpha value is -3.28. The first kappa shape index (κ1) is 13.7. The van der Waals surface area contributed by atoms with Gasteiger partial charge in [-0.15, -0.1) is 0 Å². The molecule has 2 N–H and O–H groups in total. The van der Waals surface area contributed by atoms with E-state index in [0.29, 0.717) is 17.1 Å². The van der Waals surface area contributed by atoms with Gasteiger partial charge in [-0.1, -0.05) is 12.1 Å². The molecule has 0 unspecified atom stereocenters. The van der Waals surface area contributed by atoms with Gasteiger partial charge in [-0.05, 0) is 24.3 Å². The van der Waals surface area contributed by atoms with Gasteiger partial charge in [0.05, 0.1) is 16.3 Å². The Morgan fingerprint density at radius 2 is 1.27 bits per heavy atom. The lowest BCUT2D eigenvalue weighted by Crippen LogP contribution is -1.93. The average molecular weight is 292 g/mol. The third-order valence-electron chi connectivity index (χ3n) is 3.23. The SMILES string of the molecule is Nc1ccc(-c2nccnc2-c2ccc([N+](=O)[O-])cc2)cc1. The lowest BCUT2D eigenvalue weighted by molar-refractivity contribution is -0.384. The van der Waals surface area contributed by atoms with E-state index in [1.807, 2.05) is 12.1 Å². The normalized spacial score (nSPS) is 10.4. The molecule has 0 radical (unpaired) electrons. The molecular formula is C16H12N4O2. The molecule has 22 heavy (non-hydrogen) atoms. The van der Waals surface area contributed by atoms with E-state index in [9.17, 15) is 10.1 Å². The molecule has 0 saturated heterocycles. The second-order valence-corrected chi connectivity index (χ2v) is 4.68. The first-order chi connectivity index (χ1) is 10.6. The smallest absolute Gasteiger partial charge is 0.269 e. The number of non-ortho nitro benzene ring substituents is 1. The fourth-order valence-corrected chi connectivity index (χ4v) is 2.14. The Kier molecular flexibility index (Phi) is 3.49. The first-order valence-electron chi connectivity index (χ1n) is 6.57. The molecule has 0 amide bonds. The van der Waals surface area contributed by atoms with E-state index in [0.717, 1.165) is 11.1 Å². The summed E-state index contributed by atoms with van der Waals surface area (Å²) < 4.78 is 0. The van der Waals surface area contributed by atoms with Crippen LogP contribution < -0.4 is 5.73 Å². The summed E-state index contributed by atoms with van der Waals surface area (Å²) >= 11 is 0. The van der Waals surface area contributed by atoms with Gasteiger partial charge < -0.3 is 5.73 Å². The molecule has 2 aromatic carbocycles. The minimum atomic E-state index is -0.429. The molecular weight excluding hydrogens is 280 g/mol. The van der Waals surface area contributed by atoms with Crippen LogP contribution >= 0.6 is 0 Å². The van der Waals surface area contributed by atoms with E-state index in [1.54, 1.807) is 36.7 Å². The summed E-state index contributed by atoms with van der Waals surface area (Å²) in [4.78, 5) is 19.0. The zero-order chi connectivity index (χ0) is 15.5. The number of nitro groups is 1. The van der Waals surface area contributed by atoms with Crippen LogP contribution in [-0.2, 0) is 0 Å². The molecule has 3 aromatic rings. The van der Waals surface area contributed by atoms with Crippen LogP contribution in [0.5, 0.6) is 0 Å². The predicted molar refractivity (Wildman–Crippen MR) is 84.0 cm³/mol. The highest BCUT2D eigenvalue weighted by molar-refractivity contribution is 5.78. The van der Waals surface area contributed by atoms with Crippen LogP contribution in [0.2, 0.25) is 0 Å². The number of nitro benzene ring substituents is 1. The van der Waals surface area contributed by atoms with Gasteiger partial charge in [0.1, 0.15) is 0 Å². The van der Waals surface area contributed by atoms with Gasteiger partial charge >= 0.3 is 0 Å². The molecule has 108 valence electrons. The lowest BCUT2D eigenvalue weighted by Gasteiger charge is -2.08. The van der Waals surface area contributed by atoms with E-state index in [4.69, 9.17) is 5.73 Å². The van der Waals surface area contributed by atoms with Crippen molar-refractivity contribution in [2.45, 2.75) is 0 Å². The zero-order valence-electron chi connectivity index (χ0n) is 11.5. The summed E-state index contributed by atoms with van der Waals surface area (Å²) in [5, 5.41) is 10.7. The highest BCUT2D eigenvalue weighted by Crippen LogP contribution is 2.29. The van der Waals surface area contributed by atoms with Crippen molar-refractivity contribution >= 4 is 11.4 Å². The molecule has 3 rings (SSSR count). The number of hydrogen-bond donors (Lipinski definition) is 1. The summed E-state index contributed by atoms with van der Waals surface area (Å²) in [6, 6.07) is 13.6. The fourth-order valence-electron chi connectivity index (χ4n) is 2.14. The molecule has 1 heterocycles. The van der Waals surface area contributed by atoms with E-state index in [1.165, 1.54) is 12.1 Å². The van der Waals surface area contributed by atoms with E-state index in [2.05, 4.69) is 9.97 Å². The van der Waals surface area contributed by atoms with E-state index < -0.39 is 4.92 Å². The van der Waals surface area contributed by atoms with Crippen molar-refractivity contribution in [2.75, 3.05) is 5.73 Å². The monoisotopic (exact) mass is 292 g/mol. The van der Waals surface area contributed by atoms with E-state index >= 15 is 0 Å². The summed E-state index contributed by atoms with van der Waals surface area (Å²) in [5.74, 6) is 0. The second kappa shape index (κ2) is 5.61. The maximum Gasteiger partial charge on any atom is 0.269 e. The van der Waals surface area contributed by atoms with Crippen LogP contribution in [0.3, 0.4) is 0 Å². The van der Waals surface area contributed by atoms with Crippen molar-refractivity contribution in [1.82, 2.24) is 9.97 Å². The third-order valence-corrected chi connectivity index (χ3v) is 3.23. The van der Waals surface area contributed by atoms with Crippen LogP contribution in [0, 0.1) is 10.1 Å². The summed E-state index contributed by atoms with van der Waals surface area (Å²) in [6.07, 6.45) is 3.21. The maximum absolute atomic E-state index is 10.7. The highest BCUT2D eigenvalue weighted by Gasteiger charge is 2.12. The zero-order valence-corrected chi connectivity index (χ0v) is 11.5. The number of benzene rings is 2. The molecule has 0 fully saturated rings. The summed E-state index contributed by atoms with van der Waals surface area (Å²) in [7, 11) is 0. The Bertz CT molecular complexity index is 814. The van der Waals surface area contributed by atoms with E-state index in [-0.39, 0.29) is 5.69 Å². The van der Waals surface area contributed by atoms with Crippen LogP contribution in [0.4, 0.5) is 11.4 Å². The Morgan fingerprint density at radius 3 is 1.73 bits per heavy atom. The summed E-state index contributed by atoms with van der Waals surface area (Å²) in [5.41, 5.74) is 9.44. The molecule has 1 aromatic heterocycles. The summed E-state index contributed by atoms with van der Waals surface area (Å²) in [6.45, 7) is 0. The average Bonchev–Trinajstić information content (AvgIpc) is 2.56. The van der Waals surface area contributed by atoms with Crippen LogP contribution in [0.15, 0.2) is 60.9 Å². The second-order valence-electron chi connectivity index (χ2n) is 4.68. The van der Waals surface area contributed by atoms with Gasteiger partial charge in [0, 0.05) is 41.3 Å². The largest absolute Gasteiger partial charge is 0.399 e. The van der Waals surface area contributed by atoms with Gasteiger partial charge in [0.15, 0.2) is 0 Å². The number of aromatic nitrogens is 2. The van der Waals surface area contributed by atoms with Crippen LogP contribution in [0.25, 0.3) is 22.5 Å². The Labute approximate surface area is 126 Å². The number of hydrogen-bond acceptors (Lipinski definition) is 5. The minimum absolute atomic E-state index is 0.0432. The third kappa shape index (κ3) is 2.62. The van der Waals surface area contributed by atoms with Gasteiger partial charge in [-0.2, -0.15) is 0 Å². The van der Waals surface area contributed by atoms with Gasteiger partial charge in [-0.25, -0.2) is 0 Å². The highest BCUT2D eigenvalue weighted by atomic mass is 16.6. The van der Waals surface area contributed by atoms with Crippen LogP contribution in [-0.4, -0.2) is 14.9 Å². The molecule has 0 aliphatic heterocycles. The van der Waals surface area contributed by atoms with Crippen molar-refractivity contribution in [2.24, 2.45) is 0 Å². The Balaban J connectivity index is 2.08. The van der Waals surface area contributed by atoms with Crippen LogP contribution in [0.1, 0.15) is 0 Å². The predicted octanol–water partition coefficient (Wildman–Crippen LogP) is 3.30. The van der Waals surface area contributed by atoms with Crippen molar-refractivity contribution in [3.8, 4) is 22.5 Å². The molecule has 0 saturated carbocycles. The molecule has 0 aliphatic carbocycles. The minimum Gasteiger partial charge on any atom is -0.399 e. The number of anilines is 1. The standard InChI is InChI=1S/C16H12N4O2/c17-13-5-1-11(2-6-13)15-16(19-10-9-18-15)12-3-7-14(8-4-12)20(21)22/h1-10H,17H2. The fraction of sp³-hybridized carbons (Fsp3) is 0. The Morgan fingerprint density at radius 1 is 0.818 bits per heavy atom. The number of nitrogens with two attached hydrogens (primary N) is 1. The van der Waals surface area contributed by atoms with Crippen molar-refractivity contribution < 1.29 is 4.92 Å². The molecule has 6 nitrogen and oxygen atoms in total. The molecule has 6 heteroatoms. The number of rotatable bonds is 3. The molecule has 0 bridgehead atoms. The number of nitrogen functional groups attached to an aromatic ring is 1. The quantitative estimate of drug-likeness (QED) is 0.454. The molecule has 0 spiro atoms. The van der Waals surface area contributed by atoms with Crippen molar-refractivity contribution in [3.63, 3.8) is 0 Å². The van der Waals surface area contributed by atoms with Gasteiger partial charge in [0.25, 0.3) is 5.69 Å². The number of nitrogens with zero attached hydrogens (tertiary/aromatic N) is 3. The van der Waals surface area contributed by atoms with Gasteiger partial charge in [-0.3, -0.25) is 20.1 Å². The first-order valence-corrected chi connectivity index (χ1v) is 6.57. The lowest BCUT2D eigenvalue weighted by atomic mass is 10.0. The van der Waals surface area contributed by atoms with Gasteiger partial charge in [0.2, 0.25) is 0 Å². The maximum atomic E-state index is 10.7. The van der Waals surface area contributed by atoms with Crippen molar-refractivity contribution in [3.05, 3.63) is 71.0 Å².